The maximum Gasteiger partial charge on any atom is 0.308 e. The Morgan fingerprint density at radius 3 is 2.74 bits per heavy atom. The van der Waals surface area contributed by atoms with Crippen LogP contribution in [-0.4, -0.2) is 27.4 Å². The van der Waals surface area contributed by atoms with E-state index >= 15 is 0 Å². The predicted octanol–water partition coefficient (Wildman–Crippen LogP) is 1.94. The third-order valence-corrected chi connectivity index (χ3v) is 4.43. The van der Waals surface area contributed by atoms with Gasteiger partial charge in [0.05, 0.1) is 21.9 Å². The summed E-state index contributed by atoms with van der Waals surface area (Å²) in [6.45, 7) is 1.69. The zero-order valence-electron chi connectivity index (χ0n) is 12.7. The normalized spacial score (nSPS) is 24.0. The Kier molecular flexibility index (Phi) is 4.53. The van der Waals surface area contributed by atoms with Crippen LogP contribution < -0.4 is 11.1 Å². The molecule has 0 saturated heterocycles. The average Bonchev–Trinajstić information content (AvgIpc) is 2.46. The van der Waals surface area contributed by atoms with E-state index in [0.29, 0.717) is 12.8 Å². The third kappa shape index (κ3) is 3.25. The second-order valence-corrected chi connectivity index (χ2v) is 6.00. The van der Waals surface area contributed by atoms with Crippen LogP contribution in [0.25, 0.3) is 0 Å². The van der Waals surface area contributed by atoms with Crippen LogP contribution in [0, 0.1) is 16.0 Å². The molecule has 2 unspecified atom stereocenters. The van der Waals surface area contributed by atoms with E-state index in [1.807, 2.05) is 0 Å². The number of nitro benzene ring substituents is 1. The number of nitrogens with two attached hydrogens (primary N) is 1. The minimum absolute atomic E-state index is 0.0184. The molecule has 0 heterocycles. The number of carbonyl (C=O) groups excluding carboxylic acids is 1. The van der Waals surface area contributed by atoms with Gasteiger partial charge in [0.25, 0.3) is 11.6 Å². The molecule has 1 fully saturated rings. The van der Waals surface area contributed by atoms with E-state index in [4.69, 9.17) is 5.73 Å². The van der Waals surface area contributed by atoms with Crippen LogP contribution in [0.5, 0.6) is 0 Å². The van der Waals surface area contributed by atoms with Crippen LogP contribution in [0.3, 0.4) is 0 Å². The van der Waals surface area contributed by atoms with Gasteiger partial charge in [0.2, 0.25) is 0 Å². The number of nitrogens with one attached hydrogen (secondary N) is 1. The maximum absolute atomic E-state index is 12.5. The summed E-state index contributed by atoms with van der Waals surface area (Å²) >= 11 is 0. The lowest BCUT2D eigenvalue weighted by molar-refractivity contribution is -0.383. The number of amides is 1. The van der Waals surface area contributed by atoms with Crippen molar-refractivity contribution in [3.63, 3.8) is 0 Å². The molecule has 1 aromatic rings. The minimum atomic E-state index is -0.959. The summed E-state index contributed by atoms with van der Waals surface area (Å²) in [5, 5.41) is 23.0. The summed E-state index contributed by atoms with van der Waals surface area (Å²) in [5.74, 6) is -2.25. The van der Waals surface area contributed by atoms with Gasteiger partial charge in [-0.1, -0.05) is 18.9 Å². The molecule has 0 aromatic heterocycles. The molecular formula is C15H19N3O5. The van der Waals surface area contributed by atoms with Crippen molar-refractivity contribution in [3.8, 4) is 0 Å². The molecule has 0 radical (unpaired) electrons. The molecule has 2 atom stereocenters. The van der Waals surface area contributed by atoms with E-state index in [1.165, 1.54) is 18.2 Å². The summed E-state index contributed by atoms with van der Waals surface area (Å²) in [6.07, 6.45) is 2.62. The molecule has 1 aliphatic carbocycles. The fourth-order valence-corrected chi connectivity index (χ4v) is 3.12. The molecule has 8 nitrogen and oxygen atoms in total. The fraction of sp³-hybridized carbons (Fsp3) is 0.467. The fourth-order valence-electron chi connectivity index (χ4n) is 3.12. The van der Waals surface area contributed by atoms with Gasteiger partial charge in [-0.15, -0.1) is 0 Å². The Hall–Kier alpha value is -2.64. The predicted molar refractivity (Wildman–Crippen MR) is 83.0 cm³/mol. The number of nitrogens with zero attached hydrogens (tertiary/aromatic N) is 1. The lowest BCUT2D eigenvalue weighted by Crippen LogP contribution is -2.55. The highest BCUT2D eigenvalue weighted by molar-refractivity contribution is 6.01. The lowest BCUT2D eigenvalue weighted by Gasteiger charge is -2.39. The van der Waals surface area contributed by atoms with Crippen LogP contribution in [0.15, 0.2) is 18.2 Å². The summed E-state index contributed by atoms with van der Waals surface area (Å²) in [4.78, 5) is 34.2. The Balaban J connectivity index is 2.29. The number of hydrogen-bond donors (Lipinski definition) is 3. The van der Waals surface area contributed by atoms with Crippen molar-refractivity contribution in [2.75, 3.05) is 5.73 Å². The molecule has 1 amide bonds. The number of nitro groups is 1. The molecule has 0 aliphatic heterocycles. The number of aliphatic carboxylic acids is 1. The Morgan fingerprint density at radius 2 is 2.13 bits per heavy atom. The van der Waals surface area contributed by atoms with E-state index in [1.54, 1.807) is 6.92 Å². The summed E-state index contributed by atoms with van der Waals surface area (Å²) < 4.78 is 0. The smallest absolute Gasteiger partial charge is 0.308 e. The number of nitrogen functional groups attached to an aromatic ring is 1. The van der Waals surface area contributed by atoms with Crippen LogP contribution >= 0.6 is 0 Å². The SMILES string of the molecule is CC1(NC(=O)c2cccc([N+](=O)[O-])c2N)CCCCC1C(=O)O. The summed E-state index contributed by atoms with van der Waals surface area (Å²) in [5.41, 5.74) is 4.22. The molecule has 8 heteroatoms. The second-order valence-electron chi connectivity index (χ2n) is 6.00. The van der Waals surface area contributed by atoms with Crippen molar-refractivity contribution in [2.24, 2.45) is 5.92 Å². The number of benzene rings is 1. The van der Waals surface area contributed by atoms with Gasteiger partial charge in [0.1, 0.15) is 5.69 Å². The van der Waals surface area contributed by atoms with Gasteiger partial charge in [-0.3, -0.25) is 19.7 Å². The molecule has 4 N–H and O–H groups in total. The van der Waals surface area contributed by atoms with Crippen molar-refractivity contribution in [1.82, 2.24) is 5.32 Å². The topological polar surface area (TPSA) is 136 Å². The standard InChI is InChI=1S/C15H19N3O5/c1-15(8-3-2-6-10(15)14(20)21)17-13(19)9-5-4-7-11(12(9)16)18(22)23/h4-5,7,10H,2-3,6,8,16H2,1H3,(H,17,19)(H,20,21). The number of anilines is 1. The lowest BCUT2D eigenvalue weighted by atomic mass is 9.73. The van der Waals surface area contributed by atoms with Gasteiger partial charge in [-0.2, -0.15) is 0 Å². The molecule has 2 rings (SSSR count). The van der Waals surface area contributed by atoms with Crippen molar-refractivity contribution in [1.29, 1.82) is 0 Å². The van der Waals surface area contributed by atoms with Crippen molar-refractivity contribution in [2.45, 2.75) is 38.1 Å². The van der Waals surface area contributed by atoms with Crippen LogP contribution in [0.1, 0.15) is 43.0 Å². The van der Waals surface area contributed by atoms with Crippen LogP contribution in [-0.2, 0) is 4.79 Å². The van der Waals surface area contributed by atoms with Crippen molar-refractivity contribution in [3.05, 3.63) is 33.9 Å². The molecule has 0 bridgehead atoms. The van der Waals surface area contributed by atoms with Gasteiger partial charge in [-0.25, -0.2) is 0 Å². The third-order valence-electron chi connectivity index (χ3n) is 4.43. The Bertz CT molecular complexity index is 661. The first-order chi connectivity index (χ1) is 10.8. The number of carboxylic acids is 1. The van der Waals surface area contributed by atoms with E-state index in [9.17, 15) is 24.8 Å². The van der Waals surface area contributed by atoms with E-state index in [0.717, 1.165) is 12.8 Å². The quantitative estimate of drug-likeness (QED) is 0.440. The molecule has 23 heavy (non-hydrogen) atoms. The van der Waals surface area contributed by atoms with E-state index in [-0.39, 0.29) is 16.9 Å². The van der Waals surface area contributed by atoms with Gasteiger partial charge in [-0.05, 0) is 25.8 Å². The zero-order chi connectivity index (χ0) is 17.2. The first-order valence-electron chi connectivity index (χ1n) is 7.34. The zero-order valence-corrected chi connectivity index (χ0v) is 12.7. The summed E-state index contributed by atoms with van der Waals surface area (Å²) in [6, 6.07) is 3.98. The number of carbonyl (C=O) groups is 2. The number of para-hydroxylation sites is 1. The number of carboxylic acid groups (broad SMARTS) is 1. The monoisotopic (exact) mass is 321 g/mol. The van der Waals surface area contributed by atoms with Gasteiger partial charge < -0.3 is 16.2 Å². The Morgan fingerprint density at radius 1 is 1.43 bits per heavy atom. The number of hydrogen-bond acceptors (Lipinski definition) is 5. The highest BCUT2D eigenvalue weighted by atomic mass is 16.6. The molecule has 1 saturated carbocycles. The summed E-state index contributed by atoms with van der Waals surface area (Å²) in [7, 11) is 0. The van der Waals surface area contributed by atoms with Crippen LogP contribution in [0.4, 0.5) is 11.4 Å². The first-order valence-corrected chi connectivity index (χ1v) is 7.34. The maximum atomic E-state index is 12.5. The van der Waals surface area contributed by atoms with Crippen molar-refractivity contribution < 1.29 is 19.6 Å². The second kappa shape index (κ2) is 6.23. The van der Waals surface area contributed by atoms with E-state index in [2.05, 4.69) is 5.32 Å². The van der Waals surface area contributed by atoms with Crippen LogP contribution in [0.2, 0.25) is 0 Å². The highest BCUT2D eigenvalue weighted by Gasteiger charge is 2.42. The number of rotatable bonds is 4. The Labute approximate surface area is 132 Å². The van der Waals surface area contributed by atoms with Gasteiger partial charge in [0, 0.05) is 6.07 Å². The largest absolute Gasteiger partial charge is 0.481 e. The minimum Gasteiger partial charge on any atom is -0.481 e. The average molecular weight is 321 g/mol. The van der Waals surface area contributed by atoms with Gasteiger partial charge in [0.15, 0.2) is 0 Å². The van der Waals surface area contributed by atoms with E-state index < -0.39 is 28.3 Å². The molecule has 124 valence electrons. The molecule has 1 aromatic carbocycles. The van der Waals surface area contributed by atoms with Gasteiger partial charge >= 0.3 is 5.97 Å². The molecular weight excluding hydrogens is 302 g/mol. The first kappa shape index (κ1) is 16.7. The highest BCUT2D eigenvalue weighted by Crippen LogP contribution is 2.34. The van der Waals surface area contributed by atoms with Crippen molar-refractivity contribution >= 4 is 23.3 Å². The molecule has 0 spiro atoms. The molecule has 1 aliphatic rings.